The summed E-state index contributed by atoms with van der Waals surface area (Å²) >= 11 is 0. The van der Waals surface area contributed by atoms with Crippen molar-refractivity contribution in [3.8, 4) is 0 Å². The molecule has 0 amide bonds. The monoisotopic (exact) mass is 251 g/mol. The van der Waals surface area contributed by atoms with Crippen molar-refractivity contribution in [2.75, 3.05) is 38.8 Å². The van der Waals surface area contributed by atoms with E-state index in [0.29, 0.717) is 6.54 Å². The molecule has 0 aromatic heterocycles. The van der Waals surface area contributed by atoms with Gasteiger partial charge in [-0.3, -0.25) is 0 Å². The van der Waals surface area contributed by atoms with E-state index in [1.807, 2.05) is 18.9 Å². The largest absolute Gasteiger partial charge is 0.396 e. The number of hydrogen-bond acceptors (Lipinski definition) is 4. The van der Waals surface area contributed by atoms with Gasteiger partial charge >= 0.3 is 0 Å². The maximum Gasteiger partial charge on any atom is 0.148 e. The van der Waals surface area contributed by atoms with Crippen molar-refractivity contribution < 1.29 is 13.5 Å². The first-order valence-corrected chi connectivity index (χ1v) is 7.75. The van der Waals surface area contributed by atoms with Crippen molar-refractivity contribution in [3.63, 3.8) is 0 Å². The van der Waals surface area contributed by atoms with Crippen molar-refractivity contribution in [1.82, 2.24) is 4.90 Å². The normalized spacial score (nSPS) is 16.4. The number of hydrogen-bond donors (Lipinski definition) is 1. The SMILES string of the molecule is CCCC(C)(CO)CN(C)CCS(C)(=O)=O. The zero-order valence-corrected chi connectivity index (χ0v) is 11.7. The van der Waals surface area contributed by atoms with Gasteiger partial charge in [-0.2, -0.15) is 0 Å². The molecule has 1 atom stereocenters. The Morgan fingerprint density at radius 2 is 1.94 bits per heavy atom. The van der Waals surface area contributed by atoms with Crippen molar-refractivity contribution >= 4 is 9.84 Å². The Morgan fingerprint density at radius 1 is 1.38 bits per heavy atom. The summed E-state index contributed by atoms with van der Waals surface area (Å²) in [6.45, 7) is 5.52. The minimum atomic E-state index is -2.90. The molecule has 5 heteroatoms. The molecule has 0 aliphatic carbocycles. The lowest BCUT2D eigenvalue weighted by Gasteiger charge is -2.31. The molecule has 0 fully saturated rings. The zero-order valence-electron chi connectivity index (χ0n) is 10.9. The second kappa shape index (κ2) is 6.57. The van der Waals surface area contributed by atoms with Crippen LogP contribution < -0.4 is 0 Å². The van der Waals surface area contributed by atoms with Crippen LogP contribution in [0, 0.1) is 5.41 Å². The molecular weight excluding hydrogens is 226 g/mol. The van der Waals surface area contributed by atoms with Crippen molar-refractivity contribution in [2.45, 2.75) is 26.7 Å². The summed E-state index contributed by atoms with van der Waals surface area (Å²) in [6.07, 6.45) is 3.22. The third kappa shape index (κ3) is 7.19. The molecule has 0 saturated carbocycles. The number of nitrogens with zero attached hydrogens (tertiary/aromatic N) is 1. The fraction of sp³-hybridized carbons (Fsp3) is 1.00. The Labute approximate surface area is 99.6 Å². The van der Waals surface area contributed by atoms with Gasteiger partial charge in [-0.25, -0.2) is 8.42 Å². The van der Waals surface area contributed by atoms with Crippen LogP contribution in [0.15, 0.2) is 0 Å². The van der Waals surface area contributed by atoms with Crippen molar-refractivity contribution in [3.05, 3.63) is 0 Å². The molecule has 0 aromatic rings. The molecule has 1 unspecified atom stereocenters. The number of rotatable bonds is 8. The van der Waals surface area contributed by atoms with Crippen LogP contribution in [0.4, 0.5) is 0 Å². The first-order chi connectivity index (χ1) is 7.22. The molecule has 1 N–H and O–H groups in total. The Hall–Kier alpha value is -0.130. The third-order valence-corrected chi connectivity index (χ3v) is 3.65. The van der Waals surface area contributed by atoms with E-state index < -0.39 is 9.84 Å². The predicted molar refractivity (Wildman–Crippen MR) is 67.3 cm³/mol. The first kappa shape index (κ1) is 15.9. The molecule has 98 valence electrons. The van der Waals surface area contributed by atoms with Gasteiger partial charge in [-0.15, -0.1) is 0 Å². The second-order valence-corrected chi connectivity index (χ2v) is 7.35. The molecule has 0 bridgehead atoms. The summed E-state index contributed by atoms with van der Waals surface area (Å²) < 4.78 is 22.0. The lowest BCUT2D eigenvalue weighted by molar-refractivity contribution is 0.0927. The number of aliphatic hydroxyl groups is 1. The van der Waals surface area contributed by atoms with Gasteiger partial charge in [0.05, 0.1) is 5.75 Å². The van der Waals surface area contributed by atoms with E-state index >= 15 is 0 Å². The second-order valence-electron chi connectivity index (χ2n) is 5.09. The van der Waals surface area contributed by atoms with Crippen LogP contribution >= 0.6 is 0 Å². The fourth-order valence-corrected chi connectivity index (χ4v) is 2.51. The lowest BCUT2D eigenvalue weighted by Crippen LogP contribution is -2.38. The third-order valence-electron chi connectivity index (χ3n) is 2.73. The minimum absolute atomic E-state index is 0.124. The Kier molecular flexibility index (Phi) is 6.51. The summed E-state index contributed by atoms with van der Waals surface area (Å²) in [5.41, 5.74) is -0.124. The van der Waals surface area contributed by atoms with Crippen molar-refractivity contribution in [1.29, 1.82) is 0 Å². The van der Waals surface area contributed by atoms with E-state index in [4.69, 9.17) is 0 Å². The van der Waals surface area contributed by atoms with Gasteiger partial charge in [0.15, 0.2) is 0 Å². The van der Waals surface area contributed by atoms with Gasteiger partial charge in [0, 0.05) is 31.4 Å². The summed E-state index contributed by atoms with van der Waals surface area (Å²) in [5, 5.41) is 9.35. The summed E-state index contributed by atoms with van der Waals surface area (Å²) in [7, 11) is -1.00. The molecule has 0 heterocycles. The van der Waals surface area contributed by atoms with Crippen LogP contribution in [0.3, 0.4) is 0 Å². The average molecular weight is 251 g/mol. The molecule has 0 rings (SSSR count). The number of sulfone groups is 1. The van der Waals surface area contributed by atoms with Crippen LogP contribution in [0.1, 0.15) is 26.7 Å². The molecule has 0 radical (unpaired) electrons. The smallest absolute Gasteiger partial charge is 0.148 e. The maximum absolute atomic E-state index is 11.0. The lowest BCUT2D eigenvalue weighted by atomic mass is 9.86. The Balaban J connectivity index is 4.15. The Bertz CT molecular complexity index is 290. The van der Waals surface area contributed by atoms with Crippen molar-refractivity contribution in [2.24, 2.45) is 5.41 Å². The van der Waals surface area contributed by atoms with Crippen LogP contribution in [0.5, 0.6) is 0 Å². The van der Waals surface area contributed by atoms with Crippen LogP contribution in [-0.2, 0) is 9.84 Å². The van der Waals surface area contributed by atoms with E-state index in [9.17, 15) is 13.5 Å². The molecule has 0 aliphatic rings. The van der Waals surface area contributed by atoms with E-state index in [1.54, 1.807) is 0 Å². The predicted octanol–water partition coefficient (Wildman–Crippen LogP) is 0.762. The van der Waals surface area contributed by atoms with E-state index in [1.165, 1.54) is 6.26 Å². The molecule has 0 spiro atoms. The molecule has 0 aromatic carbocycles. The zero-order chi connectivity index (χ0) is 12.8. The van der Waals surface area contributed by atoms with Gasteiger partial charge in [-0.1, -0.05) is 20.3 Å². The topological polar surface area (TPSA) is 57.6 Å². The van der Waals surface area contributed by atoms with Gasteiger partial charge in [-0.05, 0) is 13.5 Å². The van der Waals surface area contributed by atoms with Crippen LogP contribution in [-0.4, -0.2) is 57.2 Å². The summed E-state index contributed by atoms with van der Waals surface area (Å²) in [5.74, 6) is 0.178. The van der Waals surface area contributed by atoms with Gasteiger partial charge in [0.2, 0.25) is 0 Å². The summed E-state index contributed by atoms with van der Waals surface area (Å²) in [4.78, 5) is 1.98. The highest BCUT2D eigenvalue weighted by atomic mass is 32.2. The van der Waals surface area contributed by atoms with E-state index in [-0.39, 0.29) is 17.8 Å². The van der Waals surface area contributed by atoms with Gasteiger partial charge in [0.25, 0.3) is 0 Å². The molecule has 0 aliphatic heterocycles. The van der Waals surface area contributed by atoms with Crippen LogP contribution in [0.2, 0.25) is 0 Å². The highest BCUT2D eigenvalue weighted by Crippen LogP contribution is 2.23. The minimum Gasteiger partial charge on any atom is -0.396 e. The molecule has 4 nitrogen and oxygen atoms in total. The summed E-state index contributed by atoms with van der Waals surface area (Å²) in [6, 6.07) is 0. The fourth-order valence-electron chi connectivity index (χ4n) is 1.86. The Morgan fingerprint density at radius 3 is 2.31 bits per heavy atom. The van der Waals surface area contributed by atoms with Crippen LogP contribution in [0.25, 0.3) is 0 Å². The maximum atomic E-state index is 11.0. The highest BCUT2D eigenvalue weighted by Gasteiger charge is 2.24. The highest BCUT2D eigenvalue weighted by molar-refractivity contribution is 7.90. The van der Waals surface area contributed by atoms with E-state index in [0.717, 1.165) is 19.4 Å². The van der Waals surface area contributed by atoms with Gasteiger partial charge < -0.3 is 10.0 Å². The average Bonchev–Trinajstić information content (AvgIpc) is 2.14. The quantitative estimate of drug-likeness (QED) is 0.692. The molecular formula is C11H25NO3S. The van der Waals surface area contributed by atoms with E-state index in [2.05, 4.69) is 6.92 Å². The van der Waals surface area contributed by atoms with Gasteiger partial charge in [0.1, 0.15) is 9.84 Å². The first-order valence-electron chi connectivity index (χ1n) is 5.69. The molecule has 0 saturated heterocycles. The standard InChI is InChI=1S/C11H25NO3S/c1-5-6-11(2,10-13)9-12(3)7-8-16(4,14)15/h13H,5-10H2,1-4H3. The number of aliphatic hydroxyl groups excluding tert-OH is 1. The molecule has 16 heavy (non-hydrogen) atoms.